The van der Waals surface area contributed by atoms with Crippen LogP contribution in [0.4, 0.5) is 0 Å². The van der Waals surface area contributed by atoms with E-state index in [-0.39, 0.29) is 11.9 Å². The number of benzene rings is 2. The number of nitrogens with one attached hydrogen (secondary N) is 1. The van der Waals surface area contributed by atoms with E-state index in [1.807, 2.05) is 24.3 Å². The zero-order chi connectivity index (χ0) is 24.8. The Labute approximate surface area is 214 Å². The Morgan fingerprint density at radius 3 is 2.51 bits per heavy atom. The van der Waals surface area contributed by atoms with E-state index in [4.69, 9.17) is 14.2 Å². The summed E-state index contributed by atoms with van der Waals surface area (Å²) in [5, 5.41) is 3.01. The third-order valence-corrected chi connectivity index (χ3v) is 6.92. The van der Waals surface area contributed by atoms with Crippen LogP contribution in [0.3, 0.4) is 0 Å². The molecule has 0 saturated heterocycles. The molecule has 2 aromatic carbocycles. The van der Waals surface area contributed by atoms with Crippen LogP contribution in [-0.2, 0) is 24.2 Å². The minimum atomic E-state index is -0.0273. The van der Waals surface area contributed by atoms with Gasteiger partial charge in [0.25, 0.3) is 0 Å². The van der Waals surface area contributed by atoms with Gasteiger partial charge in [-0.05, 0) is 81.9 Å². The van der Waals surface area contributed by atoms with Crippen LogP contribution in [0.2, 0.25) is 0 Å². The molecule has 1 amide bonds. The Bertz CT molecular complexity index is 1170. The molecule has 7 nitrogen and oxygen atoms in total. The van der Waals surface area contributed by atoms with Crippen molar-refractivity contribution in [2.24, 2.45) is 0 Å². The quantitative estimate of drug-likeness (QED) is 0.436. The molecule has 0 radical (unpaired) electrons. The highest BCUT2D eigenvalue weighted by molar-refractivity contribution is 9.10. The van der Waals surface area contributed by atoms with Crippen molar-refractivity contribution in [1.29, 1.82) is 0 Å². The second-order valence-electron chi connectivity index (χ2n) is 8.41. The summed E-state index contributed by atoms with van der Waals surface area (Å²) in [4.78, 5) is 19.4. The molecule has 0 bridgehead atoms. The number of ether oxygens (including phenoxy) is 3. The highest BCUT2D eigenvalue weighted by Crippen LogP contribution is 2.40. The number of nitrogens with zero attached hydrogens (tertiary/aromatic N) is 2. The van der Waals surface area contributed by atoms with Gasteiger partial charge in [0.15, 0.2) is 11.5 Å². The molecule has 4 rings (SSSR count). The summed E-state index contributed by atoms with van der Waals surface area (Å²) in [5.41, 5.74) is 4.34. The number of halogens is 1. The van der Waals surface area contributed by atoms with Gasteiger partial charge in [-0.15, -0.1) is 0 Å². The molecule has 1 aromatic heterocycles. The van der Waals surface area contributed by atoms with Crippen LogP contribution in [0.1, 0.15) is 28.4 Å². The highest BCUT2D eigenvalue weighted by Gasteiger charge is 2.30. The predicted octanol–water partition coefficient (Wildman–Crippen LogP) is 4.33. The monoisotopic (exact) mass is 539 g/mol. The molecule has 3 aromatic rings. The summed E-state index contributed by atoms with van der Waals surface area (Å²) in [6.45, 7) is 1.47. The van der Waals surface area contributed by atoms with E-state index in [1.165, 1.54) is 5.56 Å². The average Bonchev–Trinajstić information content (AvgIpc) is 2.88. The van der Waals surface area contributed by atoms with Gasteiger partial charge in [0.1, 0.15) is 5.75 Å². The van der Waals surface area contributed by atoms with Gasteiger partial charge >= 0.3 is 0 Å². The van der Waals surface area contributed by atoms with Crippen molar-refractivity contribution in [2.75, 3.05) is 34.4 Å². The number of rotatable bonds is 9. The van der Waals surface area contributed by atoms with Crippen molar-refractivity contribution in [1.82, 2.24) is 15.2 Å². The van der Waals surface area contributed by atoms with Gasteiger partial charge in [-0.3, -0.25) is 14.7 Å². The first-order chi connectivity index (χ1) is 17.0. The summed E-state index contributed by atoms with van der Waals surface area (Å²) >= 11 is 3.60. The minimum absolute atomic E-state index is 0.000508. The van der Waals surface area contributed by atoms with Crippen molar-refractivity contribution in [3.63, 3.8) is 0 Å². The van der Waals surface area contributed by atoms with Crippen LogP contribution in [-0.4, -0.2) is 50.2 Å². The maximum atomic E-state index is 12.9. The van der Waals surface area contributed by atoms with Crippen LogP contribution in [0.15, 0.2) is 59.2 Å². The number of fused-ring (bicyclic) bond motifs is 1. The average molecular weight is 540 g/mol. The van der Waals surface area contributed by atoms with Gasteiger partial charge in [-0.1, -0.05) is 12.1 Å². The molecule has 1 atom stereocenters. The fourth-order valence-electron chi connectivity index (χ4n) is 4.50. The fraction of sp³-hybridized carbons (Fsp3) is 0.333. The maximum absolute atomic E-state index is 12.9. The second kappa shape index (κ2) is 11.6. The molecule has 0 saturated carbocycles. The van der Waals surface area contributed by atoms with E-state index in [1.54, 1.807) is 27.5 Å². The van der Waals surface area contributed by atoms with Gasteiger partial charge in [0, 0.05) is 18.8 Å². The van der Waals surface area contributed by atoms with Crippen molar-refractivity contribution < 1.29 is 19.0 Å². The van der Waals surface area contributed by atoms with Crippen molar-refractivity contribution in [3.8, 4) is 17.2 Å². The standard InChI is InChI=1S/C27H30BrN3O4/c1-33-24-8-7-18(12-22(24)28)13-23-21-15-26(35-3)25(34-2)14-19(21)9-11-31(23)17-27(32)30-16-20-6-4-5-10-29-20/h4-8,10,12,14-15,23H,9,11,13,16-17H2,1-3H3,(H,30,32). The first kappa shape index (κ1) is 25.0. The second-order valence-corrected chi connectivity index (χ2v) is 9.27. The summed E-state index contributed by atoms with van der Waals surface area (Å²) in [6, 6.07) is 15.9. The summed E-state index contributed by atoms with van der Waals surface area (Å²) in [6.07, 6.45) is 3.29. The number of pyridine rings is 1. The zero-order valence-electron chi connectivity index (χ0n) is 20.2. The van der Waals surface area contributed by atoms with Crippen LogP contribution in [0, 0.1) is 0 Å². The summed E-state index contributed by atoms with van der Waals surface area (Å²) < 4.78 is 17.4. The molecule has 0 spiro atoms. The van der Waals surface area contributed by atoms with Gasteiger partial charge in [0.2, 0.25) is 5.91 Å². The summed E-state index contributed by atoms with van der Waals surface area (Å²) in [7, 11) is 4.95. The first-order valence-corrected chi connectivity index (χ1v) is 12.3. The van der Waals surface area contributed by atoms with Crippen LogP contribution < -0.4 is 19.5 Å². The number of amides is 1. The number of carbonyl (C=O) groups excluding carboxylic acids is 1. The van der Waals surface area contributed by atoms with Gasteiger partial charge in [-0.25, -0.2) is 0 Å². The van der Waals surface area contributed by atoms with Gasteiger partial charge in [0.05, 0.1) is 44.6 Å². The normalized spacial score (nSPS) is 15.3. The zero-order valence-corrected chi connectivity index (χ0v) is 21.8. The smallest absolute Gasteiger partial charge is 0.234 e. The SMILES string of the molecule is COc1ccc(CC2c3cc(OC)c(OC)cc3CCN2CC(=O)NCc2ccccn2)cc1Br. The third-order valence-electron chi connectivity index (χ3n) is 6.30. The Balaban J connectivity index is 1.59. The lowest BCUT2D eigenvalue weighted by Crippen LogP contribution is -2.43. The number of aromatic nitrogens is 1. The largest absolute Gasteiger partial charge is 0.496 e. The minimum Gasteiger partial charge on any atom is -0.496 e. The Morgan fingerprint density at radius 1 is 1.06 bits per heavy atom. The Kier molecular flexibility index (Phi) is 8.25. The van der Waals surface area contributed by atoms with Crippen LogP contribution in [0.25, 0.3) is 0 Å². The van der Waals surface area contributed by atoms with E-state index in [0.717, 1.165) is 52.2 Å². The molecule has 1 aliphatic heterocycles. The first-order valence-electron chi connectivity index (χ1n) is 11.5. The van der Waals surface area contributed by atoms with E-state index in [9.17, 15) is 4.79 Å². The molecule has 1 N–H and O–H groups in total. The molecule has 8 heteroatoms. The van der Waals surface area contributed by atoms with Crippen molar-refractivity contribution in [3.05, 3.63) is 81.6 Å². The van der Waals surface area contributed by atoms with E-state index in [0.29, 0.717) is 18.8 Å². The lowest BCUT2D eigenvalue weighted by atomic mass is 9.88. The molecule has 0 aliphatic carbocycles. The summed E-state index contributed by atoms with van der Waals surface area (Å²) in [5.74, 6) is 2.17. The molecule has 35 heavy (non-hydrogen) atoms. The van der Waals surface area contributed by atoms with E-state index in [2.05, 4.69) is 55.4 Å². The molecular weight excluding hydrogens is 510 g/mol. The van der Waals surface area contributed by atoms with Crippen LogP contribution >= 0.6 is 15.9 Å². The maximum Gasteiger partial charge on any atom is 0.234 e. The van der Waals surface area contributed by atoms with E-state index < -0.39 is 0 Å². The number of hydrogen-bond donors (Lipinski definition) is 1. The fourth-order valence-corrected chi connectivity index (χ4v) is 5.09. The molecular formula is C27H30BrN3O4. The molecule has 0 fully saturated rings. The van der Waals surface area contributed by atoms with Crippen LogP contribution in [0.5, 0.6) is 17.2 Å². The van der Waals surface area contributed by atoms with Gasteiger partial charge < -0.3 is 19.5 Å². The molecule has 1 aliphatic rings. The van der Waals surface area contributed by atoms with Crippen molar-refractivity contribution in [2.45, 2.75) is 25.4 Å². The number of methoxy groups -OCH3 is 3. The van der Waals surface area contributed by atoms with Crippen molar-refractivity contribution >= 4 is 21.8 Å². The lowest BCUT2D eigenvalue weighted by Gasteiger charge is -2.37. The Morgan fingerprint density at radius 2 is 1.83 bits per heavy atom. The number of carbonyl (C=O) groups is 1. The predicted molar refractivity (Wildman–Crippen MR) is 138 cm³/mol. The van der Waals surface area contributed by atoms with E-state index >= 15 is 0 Å². The molecule has 184 valence electrons. The molecule has 2 heterocycles. The Hall–Kier alpha value is -3.10. The highest BCUT2D eigenvalue weighted by atomic mass is 79.9. The number of hydrogen-bond acceptors (Lipinski definition) is 6. The topological polar surface area (TPSA) is 72.9 Å². The lowest BCUT2D eigenvalue weighted by molar-refractivity contribution is -0.123. The molecule has 1 unspecified atom stereocenters. The third kappa shape index (κ3) is 5.94. The van der Waals surface area contributed by atoms with Gasteiger partial charge in [-0.2, -0.15) is 0 Å².